The first-order valence-corrected chi connectivity index (χ1v) is 7.23. The van der Waals surface area contributed by atoms with Gasteiger partial charge < -0.3 is 14.5 Å². The first kappa shape index (κ1) is 14.7. The maximum atomic E-state index is 5.62. The fourth-order valence-corrected chi connectivity index (χ4v) is 2.44. The molecule has 0 radical (unpaired) electrons. The Hall–Kier alpha value is -1.74. The molecule has 1 aromatic heterocycles. The Bertz CT molecular complexity index is 493. The van der Waals surface area contributed by atoms with Crippen molar-refractivity contribution in [2.45, 2.75) is 25.7 Å². The molecule has 0 bridgehead atoms. The van der Waals surface area contributed by atoms with Crippen molar-refractivity contribution in [2.24, 2.45) is 0 Å². The molecule has 0 saturated carbocycles. The van der Waals surface area contributed by atoms with E-state index < -0.39 is 0 Å². The van der Waals surface area contributed by atoms with Crippen molar-refractivity contribution >= 4 is 0 Å². The number of rotatable bonds is 8. The van der Waals surface area contributed by atoms with Crippen LogP contribution in [0, 0.1) is 0 Å². The summed E-state index contributed by atoms with van der Waals surface area (Å²) in [5.41, 5.74) is 1.18. The zero-order valence-electron chi connectivity index (χ0n) is 12.3. The highest BCUT2D eigenvalue weighted by Gasteiger charge is 2.20. The van der Waals surface area contributed by atoms with Crippen molar-refractivity contribution in [2.75, 3.05) is 20.2 Å². The number of furan rings is 1. The Kier molecular flexibility index (Phi) is 5.69. The minimum absolute atomic E-state index is 0.227. The largest absolute Gasteiger partial charge is 0.496 e. The van der Waals surface area contributed by atoms with Gasteiger partial charge in [-0.1, -0.05) is 25.1 Å². The summed E-state index contributed by atoms with van der Waals surface area (Å²) in [7, 11) is 1.72. The third-order valence-corrected chi connectivity index (χ3v) is 3.44. The van der Waals surface area contributed by atoms with Gasteiger partial charge in [-0.15, -0.1) is 0 Å². The summed E-state index contributed by atoms with van der Waals surface area (Å²) in [5.74, 6) is 2.14. The summed E-state index contributed by atoms with van der Waals surface area (Å²) in [6.07, 6.45) is 3.88. The molecule has 20 heavy (non-hydrogen) atoms. The third kappa shape index (κ3) is 3.64. The van der Waals surface area contributed by atoms with Crippen molar-refractivity contribution in [1.29, 1.82) is 0 Å². The van der Waals surface area contributed by atoms with E-state index in [0.717, 1.165) is 37.4 Å². The number of hydrogen-bond acceptors (Lipinski definition) is 3. The second-order valence-corrected chi connectivity index (χ2v) is 4.85. The van der Waals surface area contributed by atoms with Crippen LogP contribution in [0.3, 0.4) is 0 Å². The van der Waals surface area contributed by atoms with Crippen molar-refractivity contribution in [1.82, 2.24) is 5.32 Å². The minimum atomic E-state index is 0.227. The Morgan fingerprint density at radius 1 is 1.15 bits per heavy atom. The molecule has 3 heteroatoms. The van der Waals surface area contributed by atoms with Crippen LogP contribution < -0.4 is 10.1 Å². The summed E-state index contributed by atoms with van der Waals surface area (Å²) in [6, 6.07) is 12.1. The van der Waals surface area contributed by atoms with Crippen LogP contribution in [-0.4, -0.2) is 20.2 Å². The van der Waals surface area contributed by atoms with Crippen LogP contribution in [0.15, 0.2) is 47.1 Å². The van der Waals surface area contributed by atoms with E-state index >= 15 is 0 Å². The second-order valence-electron chi connectivity index (χ2n) is 4.85. The molecule has 0 unspecified atom stereocenters. The Morgan fingerprint density at radius 3 is 2.70 bits per heavy atom. The van der Waals surface area contributed by atoms with E-state index in [2.05, 4.69) is 18.3 Å². The molecule has 3 nitrogen and oxygen atoms in total. The summed E-state index contributed by atoms with van der Waals surface area (Å²) in [5, 5.41) is 3.45. The quantitative estimate of drug-likeness (QED) is 0.743. The average molecular weight is 273 g/mol. The lowest BCUT2D eigenvalue weighted by Gasteiger charge is -2.18. The van der Waals surface area contributed by atoms with Gasteiger partial charge in [0.05, 0.1) is 13.4 Å². The smallest absolute Gasteiger partial charge is 0.122 e. The second kappa shape index (κ2) is 7.75. The Labute approximate surface area is 121 Å². The van der Waals surface area contributed by atoms with Gasteiger partial charge in [0.2, 0.25) is 0 Å². The molecule has 0 spiro atoms. The number of para-hydroxylation sites is 1. The van der Waals surface area contributed by atoms with Crippen LogP contribution in [0.5, 0.6) is 5.75 Å². The van der Waals surface area contributed by atoms with E-state index in [1.54, 1.807) is 13.4 Å². The molecule has 0 saturated heterocycles. The van der Waals surface area contributed by atoms with E-state index in [9.17, 15) is 0 Å². The molecule has 1 atom stereocenters. The molecule has 2 rings (SSSR count). The average Bonchev–Trinajstić information content (AvgIpc) is 3.01. The predicted octanol–water partition coefficient (Wildman–Crippen LogP) is 3.81. The SMILES string of the molecule is CCCNCC[C@H](c1ccco1)c1ccccc1OC. The number of benzene rings is 1. The standard InChI is InChI=1S/C17H23NO2/c1-3-11-18-12-10-15(17-9-6-13-20-17)14-7-4-5-8-16(14)19-2/h4-9,13,15,18H,3,10-12H2,1-2H3/t15-/m0/s1. The number of hydrogen-bond donors (Lipinski definition) is 1. The van der Waals surface area contributed by atoms with Gasteiger partial charge in [-0.25, -0.2) is 0 Å². The molecule has 0 aliphatic heterocycles. The maximum absolute atomic E-state index is 5.62. The van der Waals surface area contributed by atoms with E-state index in [0.29, 0.717) is 0 Å². The van der Waals surface area contributed by atoms with Crippen molar-refractivity contribution in [3.05, 3.63) is 54.0 Å². The van der Waals surface area contributed by atoms with Crippen molar-refractivity contribution in [3.63, 3.8) is 0 Å². The van der Waals surface area contributed by atoms with Gasteiger partial charge in [0.25, 0.3) is 0 Å². The first-order chi connectivity index (χ1) is 9.86. The molecule has 108 valence electrons. The Balaban J connectivity index is 2.18. The highest BCUT2D eigenvalue weighted by molar-refractivity contribution is 5.39. The number of methoxy groups -OCH3 is 1. The van der Waals surface area contributed by atoms with Gasteiger partial charge in [0, 0.05) is 11.5 Å². The molecule has 0 aliphatic rings. The summed E-state index contributed by atoms with van der Waals surface area (Å²) in [4.78, 5) is 0. The van der Waals surface area contributed by atoms with Crippen LogP contribution in [0.4, 0.5) is 0 Å². The van der Waals surface area contributed by atoms with Crippen molar-refractivity contribution < 1.29 is 9.15 Å². The Morgan fingerprint density at radius 2 is 2.00 bits per heavy atom. The lowest BCUT2D eigenvalue weighted by atomic mass is 9.92. The van der Waals surface area contributed by atoms with Crippen molar-refractivity contribution in [3.8, 4) is 5.75 Å². The molecule has 0 fully saturated rings. The van der Waals surface area contributed by atoms with Gasteiger partial charge >= 0.3 is 0 Å². The van der Waals surface area contributed by atoms with E-state index in [-0.39, 0.29) is 5.92 Å². The number of nitrogens with one attached hydrogen (secondary N) is 1. The van der Waals surface area contributed by atoms with E-state index in [4.69, 9.17) is 9.15 Å². The predicted molar refractivity (Wildman–Crippen MR) is 81.3 cm³/mol. The summed E-state index contributed by atoms with van der Waals surface area (Å²) in [6.45, 7) is 4.20. The van der Waals surface area contributed by atoms with E-state index in [1.165, 1.54) is 5.56 Å². The zero-order valence-corrected chi connectivity index (χ0v) is 12.3. The molecule has 0 aliphatic carbocycles. The molecule has 1 aromatic carbocycles. The molecule has 2 aromatic rings. The first-order valence-electron chi connectivity index (χ1n) is 7.23. The van der Waals surface area contributed by atoms with Gasteiger partial charge in [0.1, 0.15) is 11.5 Å². The summed E-state index contributed by atoms with van der Waals surface area (Å²) >= 11 is 0. The van der Waals surface area contributed by atoms with Crippen LogP contribution in [0.25, 0.3) is 0 Å². The van der Waals surface area contributed by atoms with E-state index in [1.807, 2.05) is 30.3 Å². The van der Waals surface area contributed by atoms with Crippen LogP contribution in [-0.2, 0) is 0 Å². The fraction of sp³-hybridized carbons (Fsp3) is 0.412. The lowest BCUT2D eigenvalue weighted by molar-refractivity contribution is 0.398. The van der Waals surface area contributed by atoms with Gasteiger partial charge in [0.15, 0.2) is 0 Å². The van der Waals surface area contributed by atoms with Gasteiger partial charge in [-0.3, -0.25) is 0 Å². The maximum Gasteiger partial charge on any atom is 0.122 e. The minimum Gasteiger partial charge on any atom is -0.496 e. The molecule has 0 amide bonds. The molecular formula is C17H23NO2. The molecule has 1 N–H and O–H groups in total. The summed E-state index contributed by atoms with van der Waals surface area (Å²) < 4.78 is 11.1. The number of ether oxygens (including phenoxy) is 1. The highest BCUT2D eigenvalue weighted by atomic mass is 16.5. The third-order valence-electron chi connectivity index (χ3n) is 3.44. The fourth-order valence-electron chi connectivity index (χ4n) is 2.44. The lowest BCUT2D eigenvalue weighted by Crippen LogP contribution is -2.18. The van der Waals surface area contributed by atoms with Crippen LogP contribution in [0.2, 0.25) is 0 Å². The normalized spacial score (nSPS) is 12.3. The highest BCUT2D eigenvalue weighted by Crippen LogP contribution is 2.34. The zero-order chi connectivity index (χ0) is 14.2. The topological polar surface area (TPSA) is 34.4 Å². The van der Waals surface area contributed by atoms with Gasteiger partial charge in [-0.2, -0.15) is 0 Å². The van der Waals surface area contributed by atoms with Crippen LogP contribution in [0.1, 0.15) is 37.0 Å². The monoisotopic (exact) mass is 273 g/mol. The van der Waals surface area contributed by atoms with Crippen LogP contribution >= 0.6 is 0 Å². The molecule has 1 heterocycles. The molecular weight excluding hydrogens is 250 g/mol. The van der Waals surface area contributed by atoms with Gasteiger partial charge in [-0.05, 0) is 44.1 Å².